The molecule has 0 aliphatic heterocycles. The Labute approximate surface area is 123 Å². The molecular formula is C18H30O2. The maximum Gasteiger partial charge on any atom is 0.135 e. The molecule has 0 aromatic rings. The van der Waals surface area contributed by atoms with E-state index in [1.54, 1.807) is 0 Å². The van der Waals surface area contributed by atoms with Crippen LogP contribution in [0.4, 0.5) is 0 Å². The molecule has 0 radical (unpaired) electrons. The average Bonchev–Trinajstić information content (AvgIpc) is 2.71. The molecule has 3 aliphatic carbocycles. The van der Waals surface area contributed by atoms with Crippen LogP contribution in [0.25, 0.3) is 0 Å². The first-order valence-electron chi connectivity index (χ1n) is 8.51. The standard InChI is InChI=1S/C18H30O2/c1-5-20-18(9-6-7-14(19)12-18)15-11-13-8-10-17(15,4)16(13,2)3/h13,15H,5-12H2,1-4H3/t13-,15-,17+,18?/m0/s1. The second-order valence-electron chi connectivity index (χ2n) is 8.23. The van der Waals surface area contributed by atoms with Gasteiger partial charge in [0.2, 0.25) is 0 Å². The highest BCUT2D eigenvalue weighted by atomic mass is 16.5. The molecule has 20 heavy (non-hydrogen) atoms. The van der Waals surface area contributed by atoms with E-state index in [0.29, 0.717) is 29.0 Å². The van der Waals surface area contributed by atoms with Gasteiger partial charge in [0.1, 0.15) is 5.78 Å². The van der Waals surface area contributed by atoms with Crippen molar-refractivity contribution in [1.82, 2.24) is 0 Å². The van der Waals surface area contributed by atoms with Gasteiger partial charge in [-0.05, 0) is 61.7 Å². The molecule has 0 saturated heterocycles. The smallest absolute Gasteiger partial charge is 0.135 e. The number of hydrogen-bond donors (Lipinski definition) is 0. The fraction of sp³-hybridized carbons (Fsp3) is 0.944. The fourth-order valence-corrected chi connectivity index (χ4v) is 5.90. The number of hydrogen-bond acceptors (Lipinski definition) is 2. The quantitative estimate of drug-likeness (QED) is 0.766. The van der Waals surface area contributed by atoms with Crippen molar-refractivity contribution in [3.63, 3.8) is 0 Å². The predicted octanol–water partition coefficient (Wildman–Crippen LogP) is 4.37. The second-order valence-corrected chi connectivity index (χ2v) is 8.23. The molecule has 0 aromatic heterocycles. The highest BCUT2D eigenvalue weighted by Gasteiger charge is 2.66. The Morgan fingerprint density at radius 3 is 2.50 bits per heavy atom. The molecular weight excluding hydrogens is 248 g/mol. The lowest BCUT2D eigenvalue weighted by atomic mass is 9.59. The first-order valence-corrected chi connectivity index (χ1v) is 8.51. The van der Waals surface area contributed by atoms with Crippen LogP contribution >= 0.6 is 0 Å². The molecule has 0 spiro atoms. The van der Waals surface area contributed by atoms with Crippen molar-refractivity contribution >= 4 is 5.78 Å². The molecule has 0 amide bonds. The minimum Gasteiger partial charge on any atom is -0.375 e. The van der Waals surface area contributed by atoms with E-state index in [0.717, 1.165) is 31.8 Å². The number of carbonyl (C=O) groups excluding carboxylic acids is 1. The van der Waals surface area contributed by atoms with Gasteiger partial charge in [-0.25, -0.2) is 0 Å². The van der Waals surface area contributed by atoms with Crippen molar-refractivity contribution in [2.45, 2.75) is 78.2 Å². The maximum absolute atomic E-state index is 12.1. The Bertz CT molecular complexity index is 410. The Kier molecular flexibility index (Phi) is 3.32. The van der Waals surface area contributed by atoms with Crippen molar-refractivity contribution in [3.05, 3.63) is 0 Å². The van der Waals surface area contributed by atoms with E-state index in [9.17, 15) is 4.79 Å². The van der Waals surface area contributed by atoms with Gasteiger partial charge in [0, 0.05) is 19.4 Å². The number of ketones is 1. The SMILES string of the molecule is CCOC1([C@H]2C[C@@H]3CC[C@@]2(C)C3(C)C)CCCC(=O)C1. The second kappa shape index (κ2) is 4.56. The van der Waals surface area contributed by atoms with E-state index in [4.69, 9.17) is 4.74 Å². The molecule has 2 bridgehead atoms. The predicted molar refractivity (Wildman–Crippen MR) is 80.6 cm³/mol. The molecule has 2 nitrogen and oxygen atoms in total. The zero-order valence-corrected chi connectivity index (χ0v) is 13.6. The van der Waals surface area contributed by atoms with Crippen molar-refractivity contribution in [3.8, 4) is 0 Å². The minimum atomic E-state index is -0.148. The Hall–Kier alpha value is -0.370. The molecule has 3 fully saturated rings. The summed E-state index contributed by atoms with van der Waals surface area (Å²) < 4.78 is 6.32. The summed E-state index contributed by atoms with van der Waals surface area (Å²) in [6.45, 7) is 10.2. The van der Waals surface area contributed by atoms with E-state index in [1.807, 2.05) is 0 Å². The maximum atomic E-state index is 12.1. The topological polar surface area (TPSA) is 26.3 Å². The number of ether oxygens (including phenoxy) is 1. The summed E-state index contributed by atoms with van der Waals surface area (Å²) in [7, 11) is 0. The third-order valence-electron chi connectivity index (χ3n) is 7.41. The van der Waals surface area contributed by atoms with E-state index < -0.39 is 0 Å². The van der Waals surface area contributed by atoms with Gasteiger partial charge in [0.25, 0.3) is 0 Å². The summed E-state index contributed by atoms with van der Waals surface area (Å²) in [5.74, 6) is 1.83. The molecule has 114 valence electrons. The summed E-state index contributed by atoms with van der Waals surface area (Å²) in [6.07, 6.45) is 7.52. The highest BCUT2D eigenvalue weighted by molar-refractivity contribution is 5.80. The van der Waals surface area contributed by atoms with Crippen LogP contribution in [0.2, 0.25) is 0 Å². The summed E-state index contributed by atoms with van der Waals surface area (Å²) in [4.78, 5) is 12.1. The summed E-state index contributed by atoms with van der Waals surface area (Å²) in [6, 6.07) is 0. The molecule has 0 aromatic carbocycles. The van der Waals surface area contributed by atoms with Gasteiger partial charge >= 0.3 is 0 Å². The van der Waals surface area contributed by atoms with E-state index in [-0.39, 0.29) is 5.60 Å². The monoisotopic (exact) mass is 278 g/mol. The highest BCUT2D eigenvalue weighted by Crippen LogP contribution is 2.71. The first-order chi connectivity index (χ1) is 9.36. The fourth-order valence-electron chi connectivity index (χ4n) is 5.90. The third-order valence-corrected chi connectivity index (χ3v) is 7.41. The van der Waals surface area contributed by atoms with E-state index in [1.165, 1.54) is 19.3 Å². The van der Waals surface area contributed by atoms with Gasteiger partial charge in [-0.1, -0.05) is 20.8 Å². The van der Waals surface area contributed by atoms with Gasteiger partial charge in [0.05, 0.1) is 5.60 Å². The first kappa shape index (κ1) is 14.6. The molecule has 1 unspecified atom stereocenters. The van der Waals surface area contributed by atoms with Gasteiger partial charge < -0.3 is 4.74 Å². The lowest BCUT2D eigenvalue weighted by Crippen LogP contribution is -2.51. The molecule has 0 N–H and O–H groups in total. The van der Waals surface area contributed by atoms with Crippen LogP contribution in [0.1, 0.15) is 72.6 Å². The van der Waals surface area contributed by atoms with E-state index in [2.05, 4.69) is 27.7 Å². The Morgan fingerprint density at radius 1 is 1.25 bits per heavy atom. The molecule has 0 heterocycles. The van der Waals surface area contributed by atoms with E-state index >= 15 is 0 Å². The molecule has 4 atom stereocenters. The normalized spacial score (nSPS) is 46.9. The zero-order chi connectivity index (χ0) is 14.6. The van der Waals surface area contributed by atoms with Crippen molar-refractivity contribution in [2.24, 2.45) is 22.7 Å². The van der Waals surface area contributed by atoms with Crippen LogP contribution in [0, 0.1) is 22.7 Å². The number of rotatable bonds is 3. The zero-order valence-electron chi connectivity index (χ0n) is 13.6. The Balaban J connectivity index is 1.95. The van der Waals surface area contributed by atoms with Gasteiger partial charge in [-0.2, -0.15) is 0 Å². The van der Waals surface area contributed by atoms with Crippen LogP contribution in [0.3, 0.4) is 0 Å². The molecule has 2 heteroatoms. The molecule has 3 saturated carbocycles. The summed E-state index contributed by atoms with van der Waals surface area (Å²) >= 11 is 0. The third kappa shape index (κ3) is 1.76. The Morgan fingerprint density at radius 2 is 2.00 bits per heavy atom. The number of fused-ring (bicyclic) bond motifs is 2. The largest absolute Gasteiger partial charge is 0.375 e. The minimum absolute atomic E-state index is 0.148. The average molecular weight is 278 g/mol. The summed E-state index contributed by atoms with van der Waals surface area (Å²) in [5, 5.41) is 0. The van der Waals surface area contributed by atoms with Crippen molar-refractivity contribution in [2.75, 3.05) is 6.61 Å². The van der Waals surface area contributed by atoms with Gasteiger partial charge in [-0.3, -0.25) is 4.79 Å². The van der Waals surface area contributed by atoms with Crippen LogP contribution < -0.4 is 0 Å². The van der Waals surface area contributed by atoms with Crippen LogP contribution in [0.15, 0.2) is 0 Å². The van der Waals surface area contributed by atoms with Crippen LogP contribution in [-0.2, 0) is 9.53 Å². The van der Waals surface area contributed by atoms with Gasteiger partial charge in [0.15, 0.2) is 0 Å². The lowest BCUT2D eigenvalue weighted by Gasteiger charge is -2.50. The van der Waals surface area contributed by atoms with Crippen LogP contribution in [-0.4, -0.2) is 18.0 Å². The summed E-state index contributed by atoms with van der Waals surface area (Å²) in [5.41, 5.74) is 0.609. The lowest BCUT2D eigenvalue weighted by molar-refractivity contribution is -0.157. The number of carbonyl (C=O) groups is 1. The molecule has 3 rings (SSSR count). The number of Topliss-reactive ketones (excluding diaryl/α,β-unsaturated/α-hetero) is 1. The van der Waals surface area contributed by atoms with Crippen molar-refractivity contribution < 1.29 is 9.53 Å². The van der Waals surface area contributed by atoms with Gasteiger partial charge in [-0.15, -0.1) is 0 Å². The van der Waals surface area contributed by atoms with Crippen molar-refractivity contribution in [1.29, 1.82) is 0 Å². The molecule has 3 aliphatic rings. The van der Waals surface area contributed by atoms with Crippen LogP contribution in [0.5, 0.6) is 0 Å².